The first-order valence-corrected chi connectivity index (χ1v) is 8.14. The third-order valence-electron chi connectivity index (χ3n) is 4.09. The van der Waals surface area contributed by atoms with Crippen molar-refractivity contribution in [2.75, 3.05) is 21.3 Å². The minimum atomic E-state index is -0.630. The maximum atomic E-state index is 12.6. The molecular formula is C21H18O6. The number of hydrogen-bond donors (Lipinski definition) is 0. The van der Waals surface area contributed by atoms with Gasteiger partial charge in [0.2, 0.25) is 0 Å². The van der Waals surface area contributed by atoms with Crippen LogP contribution in [0.4, 0.5) is 0 Å². The summed E-state index contributed by atoms with van der Waals surface area (Å²) in [5, 5.41) is 0. The summed E-state index contributed by atoms with van der Waals surface area (Å²) in [4.78, 5) is 25.0. The average molecular weight is 366 g/mol. The van der Waals surface area contributed by atoms with Crippen molar-refractivity contribution in [2.24, 2.45) is 0 Å². The molecule has 0 saturated carbocycles. The molecule has 0 aromatic heterocycles. The lowest BCUT2D eigenvalue weighted by atomic mass is 10.0. The van der Waals surface area contributed by atoms with Gasteiger partial charge in [0.1, 0.15) is 16.9 Å². The molecule has 6 nitrogen and oxygen atoms in total. The zero-order valence-corrected chi connectivity index (χ0v) is 15.1. The molecule has 0 aliphatic carbocycles. The van der Waals surface area contributed by atoms with Crippen molar-refractivity contribution in [1.82, 2.24) is 0 Å². The van der Waals surface area contributed by atoms with Gasteiger partial charge in [-0.3, -0.25) is 0 Å². The Kier molecular flexibility index (Phi) is 5.26. The Morgan fingerprint density at radius 1 is 0.889 bits per heavy atom. The Morgan fingerprint density at radius 2 is 1.56 bits per heavy atom. The Labute approximate surface area is 156 Å². The van der Waals surface area contributed by atoms with E-state index in [1.807, 2.05) is 6.07 Å². The Balaban J connectivity index is 2.21. The third kappa shape index (κ3) is 3.42. The molecule has 0 bridgehead atoms. The van der Waals surface area contributed by atoms with E-state index >= 15 is 0 Å². The van der Waals surface area contributed by atoms with Crippen molar-refractivity contribution in [3.8, 4) is 5.75 Å². The molecule has 0 fully saturated rings. The van der Waals surface area contributed by atoms with Crippen LogP contribution in [0.25, 0.3) is 11.1 Å². The molecule has 27 heavy (non-hydrogen) atoms. The van der Waals surface area contributed by atoms with Gasteiger partial charge in [0.05, 0.1) is 21.3 Å². The van der Waals surface area contributed by atoms with Crippen LogP contribution in [0.2, 0.25) is 0 Å². The summed E-state index contributed by atoms with van der Waals surface area (Å²) in [6.45, 7) is 0. The van der Waals surface area contributed by atoms with Gasteiger partial charge in [-0.1, -0.05) is 42.5 Å². The fourth-order valence-corrected chi connectivity index (χ4v) is 2.81. The molecule has 0 radical (unpaired) electrons. The number of carbonyl (C=O) groups excluding carboxylic acids is 2. The summed E-state index contributed by atoms with van der Waals surface area (Å²) < 4.78 is 20.9. The first-order chi connectivity index (χ1) is 13.1. The predicted molar refractivity (Wildman–Crippen MR) is 98.4 cm³/mol. The van der Waals surface area contributed by atoms with E-state index in [1.165, 1.54) is 14.2 Å². The lowest BCUT2D eigenvalue weighted by molar-refractivity contribution is -0.134. The fraction of sp³-hybridized carbons (Fsp3) is 0.143. The Hall–Kier alpha value is -3.54. The van der Waals surface area contributed by atoms with E-state index in [1.54, 1.807) is 55.6 Å². The highest BCUT2D eigenvalue weighted by Gasteiger charge is 2.37. The number of cyclic esters (lactones) is 1. The van der Waals surface area contributed by atoms with Crippen LogP contribution in [0, 0.1) is 0 Å². The quantitative estimate of drug-likeness (QED) is 0.598. The second kappa shape index (κ2) is 7.78. The molecule has 0 N–H and O–H groups in total. The molecule has 3 rings (SSSR count). The number of benzene rings is 2. The average Bonchev–Trinajstić information content (AvgIpc) is 3.04. The van der Waals surface area contributed by atoms with Crippen LogP contribution >= 0.6 is 0 Å². The summed E-state index contributed by atoms with van der Waals surface area (Å²) >= 11 is 0. The summed E-state index contributed by atoms with van der Waals surface area (Å²) in [5.41, 5.74) is 1.49. The van der Waals surface area contributed by atoms with E-state index in [0.29, 0.717) is 16.9 Å². The van der Waals surface area contributed by atoms with Gasteiger partial charge in [0.15, 0.2) is 11.5 Å². The van der Waals surface area contributed by atoms with Crippen LogP contribution in [0.1, 0.15) is 11.1 Å². The topological polar surface area (TPSA) is 71.1 Å². The largest absolute Gasteiger partial charge is 0.497 e. The van der Waals surface area contributed by atoms with Crippen molar-refractivity contribution in [1.29, 1.82) is 0 Å². The molecule has 138 valence electrons. The van der Waals surface area contributed by atoms with Crippen molar-refractivity contribution < 1.29 is 28.5 Å². The smallest absolute Gasteiger partial charge is 0.348 e. The number of rotatable bonds is 5. The number of ether oxygens (including phenoxy) is 4. The summed E-state index contributed by atoms with van der Waals surface area (Å²) in [6.07, 6.45) is 0. The van der Waals surface area contributed by atoms with E-state index in [9.17, 15) is 9.59 Å². The number of carbonyl (C=O) groups is 2. The fourth-order valence-electron chi connectivity index (χ4n) is 2.81. The molecule has 2 aromatic rings. The molecule has 1 aliphatic rings. The molecule has 6 heteroatoms. The van der Waals surface area contributed by atoms with Gasteiger partial charge < -0.3 is 18.9 Å². The van der Waals surface area contributed by atoms with Crippen molar-refractivity contribution in [2.45, 2.75) is 0 Å². The molecule has 2 aromatic carbocycles. The maximum absolute atomic E-state index is 12.6. The van der Waals surface area contributed by atoms with E-state index in [0.717, 1.165) is 0 Å². The van der Waals surface area contributed by atoms with Crippen LogP contribution in [-0.2, 0) is 23.8 Å². The molecule has 1 heterocycles. The highest BCUT2D eigenvalue weighted by atomic mass is 16.6. The van der Waals surface area contributed by atoms with Gasteiger partial charge in [-0.25, -0.2) is 9.59 Å². The minimum absolute atomic E-state index is 0.0337. The molecule has 0 saturated heterocycles. The number of hydrogen-bond acceptors (Lipinski definition) is 6. The predicted octanol–water partition coefficient (Wildman–Crippen LogP) is 3.19. The minimum Gasteiger partial charge on any atom is -0.497 e. The molecule has 0 atom stereocenters. The van der Waals surface area contributed by atoms with Gasteiger partial charge in [-0.2, -0.15) is 0 Å². The van der Waals surface area contributed by atoms with Crippen LogP contribution in [0.15, 0.2) is 66.1 Å². The van der Waals surface area contributed by atoms with E-state index < -0.39 is 11.9 Å². The van der Waals surface area contributed by atoms with Crippen molar-refractivity contribution >= 4 is 23.1 Å². The summed E-state index contributed by atoms with van der Waals surface area (Å²) in [6, 6.07) is 15.7. The van der Waals surface area contributed by atoms with E-state index in [4.69, 9.17) is 18.9 Å². The molecule has 0 amide bonds. The molecule has 0 unspecified atom stereocenters. The monoisotopic (exact) mass is 366 g/mol. The highest BCUT2D eigenvalue weighted by Crippen LogP contribution is 2.38. The van der Waals surface area contributed by atoms with Gasteiger partial charge in [0.25, 0.3) is 0 Å². The SMILES string of the molecule is COC(=O)C(=C1OC(=O)C(c2ccc(OC)cc2)=C1OC)c1ccccc1. The summed E-state index contributed by atoms with van der Waals surface area (Å²) in [7, 11) is 4.24. The van der Waals surface area contributed by atoms with Crippen LogP contribution in [0.5, 0.6) is 5.75 Å². The Morgan fingerprint density at radius 3 is 2.11 bits per heavy atom. The highest BCUT2D eigenvalue weighted by molar-refractivity contribution is 6.25. The van der Waals surface area contributed by atoms with Gasteiger partial charge in [-0.15, -0.1) is 0 Å². The first kappa shape index (κ1) is 18.3. The standard InChI is InChI=1S/C21H18O6/c1-24-15-11-9-14(10-12-15)16-18(25-2)19(27-21(16)23)17(20(22)26-3)13-7-5-4-6-8-13/h4-12H,1-3H3. The van der Waals surface area contributed by atoms with Crippen molar-refractivity contribution in [3.63, 3.8) is 0 Å². The van der Waals surface area contributed by atoms with Gasteiger partial charge in [0, 0.05) is 0 Å². The lowest BCUT2D eigenvalue weighted by Gasteiger charge is -2.11. The van der Waals surface area contributed by atoms with Crippen LogP contribution < -0.4 is 4.74 Å². The van der Waals surface area contributed by atoms with Crippen LogP contribution in [-0.4, -0.2) is 33.3 Å². The molecule has 0 spiro atoms. The second-order valence-electron chi connectivity index (χ2n) is 5.59. The lowest BCUT2D eigenvalue weighted by Crippen LogP contribution is -2.09. The zero-order valence-electron chi connectivity index (χ0n) is 15.1. The van der Waals surface area contributed by atoms with Gasteiger partial charge >= 0.3 is 11.9 Å². The van der Waals surface area contributed by atoms with E-state index in [-0.39, 0.29) is 22.7 Å². The number of methoxy groups -OCH3 is 3. The normalized spacial score (nSPS) is 15.3. The Bertz CT molecular complexity index is 923. The third-order valence-corrected chi connectivity index (χ3v) is 4.09. The first-order valence-electron chi connectivity index (χ1n) is 8.14. The maximum Gasteiger partial charge on any atom is 0.348 e. The van der Waals surface area contributed by atoms with E-state index in [2.05, 4.69) is 0 Å². The van der Waals surface area contributed by atoms with Crippen molar-refractivity contribution in [3.05, 3.63) is 77.2 Å². The molecule has 1 aliphatic heterocycles. The summed E-state index contributed by atoms with van der Waals surface area (Å²) in [5.74, 6) is -0.375. The molecular weight excluding hydrogens is 348 g/mol. The number of esters is 2. The van der Waals surface area contributed by atoms with Gasteiger partial charge in [-0.05, 0) is 23.3 Å². The van der Waals surface area contributed by atoms with Crippen LogP contribution in [0.3, 0.4) is 0 Å². The second-order valence-corrected chi connectivity index (χ2v) is 5.59. The zero-order chi connectivity index (χ0) is 19.4.